The van der Waals surface area contributed by atoms with Gasteiger partial charge in [-0.1, -0.05) is 0 Å². The molecule has 98 valence electrons. The lowest BCUT2D eigenvalue weighted by molar-refractivity contribution is -0.140. The number of aliphatic carboxylic acids is 1. The van der Waals surface area contributed by atoms with Gasteiger partial charge in [-0.25, -0.2) is 0 Å². The highest BCUT2D eigenvalue weighted by Crippen LogP contribution is 2.27. The van der Waals surface area contributed by atoms with Gasteiger partial charge in [0.05, 0.1) is 18.6 Å². The Hall–Kier alpha value is -0.690. The maximum atomic E-state index is 10.9. The monoisotopic (exact) mass is 244 g/mol. The van der Waals surface area contributed by atoms with E-state index in [0.717, 1.165) is 12.8 Å². The molecule has 2 heterocycles. The van der Waals surface area contributed by atoms with Crippen molar-refractivity contribution in [2.75, 3.05) is 32.9 Å². The average Bonchev–Trinajstić information content (AvgIpc) is 2.27. The Morgan fingerprint density at radius 2 is 1.94 bits per heavy atom. The summed E-state index contributed by atoms with van der Waals surface area (Å²) in [6.45, 7) is 2.54. The lowest BCUT2D eigenvalue weighted by atomic mass is 9.81. The third-order valence-electron chi connectivity index (χ3n) is 3.70. The van der Waals surface area contributed by atoms with Crippen LogP contribution >= 0.6 is 0 Å². The zero-order valence-corrected chi connectivity index (χ0v) is 9.87. The summed E-state index contributed by atoms with van der Waals surface area (Å²) in [5, 5.41) is 25.0. The molecule has 0 amide bonds. The molecule has 0 aliphatic carbocycles. The first-order chi connectivity index (χ1) is 8.10. The number of aliphatic hydroxyl groups excluding tert-OH is 1. The Labute approximate surface area is 100 Å². The van der Waals surface area contributed by atoms with E-state index in [-0.39, 0.29) is 18.6 Å². The fraction of sp³-hybridized carbons (Fsp3) is 0.909. The van der Waals surface area contributed by atoms with Crippen LogP contribution in [-0.4, -0.2) is 60.2 Å². The van der Waals surface area contributed by atoms with Crippen LogP contribution in [0.4, 0.5) is 0 Å². The molecule has 0 aromatic heterocycles. The lowest BCUT2D eigenvalue weighted by Gasteiger charge is -2.50. The summed E-state index contributed by atoms with van der Waals surface area (Å²) >= 11 is 0. The quantitative estimate of drug-likeness (QED) is 0.492. The molecule has 2 fully saturated rings. The minimum atomic E-state index is -0.806. The van der Waals surface area contributed by atoms with Gasteiger partial charge >= 0.3 is 5.97 Å². The van der Waals surface area contributed by atoms with Gasteiger partial charge in [-0.15, -0.1) is 0 Å². The molecule has 4 N–H and O–H groups in total. The Bertz CT molecular complexity index is 285. The van der Waals surface area contributed by atoms with Crippen molar-refractivity contribution in [2.24, 2.45) is 0 Å². The van der Waals surface area contributed by atoms with Crippen molar-refractivity contribution in [3.8, 4) is 0 Å². The molecule has 2 aliphatic heterocycles. The zero-order valence-electron chi connectivity index (χ0n) is 9.87. The van der Waals surface area contributed by atoms with Crippen LogP contribution < -0.4 is 10.6 Å². The second kappa shape index (κ2) is 4.89. The van der Waals surface area contributed by atoms with Gasteiger partial charge in [0.15, 0.2) is 0 Å². The molecule has 2 aliphatic rings. The molecule has 0 bridgehead atoms. The van der Waals surface area contributed by atoms with Gasteiger partial charge in [-0.05, 0) is 12.8 Å². The van der Waals surface area contributed by atoms with Gasteiger partial charge in [0.25, 0.3) is 0 Å². The molecule has 0 aromatic carbocycles. The summed E-state index contributed by atoms with van der Waals surface area (Å²) in [5.41, 5.74) is -0.790. The first kappa shape index (κ1) is 12.8. The van der Waals surface area contributed by atoms with Crippen molar-refractivity contribution in [3.63, 3.8) is 0 Å². The van der Waals surface area contributed by atoms with E-state index < -0.39 is 11.5 Å². The fourth-order valence-corrected chi connectivity index (χ4v) is 2.62. The standard InChI is InChI=1S/C11H20N2O4/c14-8-10(1-3-17-4-2-10)13-11(5-9(15)16)6-12-7-11/h12-14H,1-8H2,(H,15,16). The number of aliphatic hydroxyl groups is 1. The summed E-state index contributed by atoms with van der Waals surface area (Å²) in [7, 11) is 0. The summed E-state index contributed by atoms with van der Waals surface area (Å²) in [4.78, 5) is 10.9. The highest BCUT2D eigenvalue weighted by Gasteiger charge is 2.45. The predicted octanol–water partition coefficient (Wildman–Crippen LogP) is -1.07. The van der Waals surface area contributed by atoms with Crippen molar-refractivity contribution in [2.45, 2.75) is 30.3 Å². The minimum absolute atomic E-state index is 0.0255. The molecular weight excluding hydrogens is 224 g/mol. The molecule has 0 radical (unpaired) electrons. The molecule has 0 saturated carbocycles. The number of nitrogens with one attached hydrogen (secondary N) is 2. The van der Waals surface area contributed by atoms with Crippen molar-refractivity contribution in [1.82, 2.24) is 10.6 Å². The van der Waals surface area contributed by atoms with Crippen LogP contribution in [0.3, 0.4) is 0 Å². The number of carbonyl (C=O) groups is 1. The number of rotatable bonds is 5. The minimum Gasteiger partial charge on any atom is -0.481 e. The maximum absolute atomic E-state index is 10.9. The molecule has 2 saturated heterocycles. The van der Waals surface area contributed by atoms with E-state index in [0.29, 0.717) is 26.3 Å². The average molecular weight is 244 g/mol. The topological polar surface area (TPSA) is 90.8 Å². The SMILES string of the molecule is O=C(O)CC1(NC2(CO)CCOCC2)CNC1. The van der Waals surface area contributed by atoms with Crippen LogP contribution in [0.25, 0.3) is 0 Å². The molecule has 17 heavy (non-hydrogen) atoms. The van der Waals surface area contributed by atoms with Crippen molar-refractivity contribution in [1.29, 1.82) is 0 Å². The third-order valence-corrected chi connectivity index (χ3v) is 3.70. The summed E-state index contributed by atoms with van der Waals surface area (Å²) in [6, 6.07) is 0. The zero-order chi connectivity index (χ0) is 12.4. The predicted molar refractivity (Wildman–Crippen MR) is 60.9 cm³/mol. The second-order valence-corrected chi connectivity index (χ2v) is 5.13. The highest BCUT2D eigenvalue weighted by atomic mass is 16.5. The van der Waals surface area contributed by atoms with Crippen LogP contribution in [0.15, 0.2) is 0 Å². The Balaban J connectivity index is 2.02. The van der Waals surface area contributed by atoms with Crippen molar-refractivity contribution >= 4 is 5.97 Å². The van der Waals surface area contributed by atoms with E-state index in [9.17, 15) is 9.90 Å². The van der Waals surface area contributed by atoms with Crippen LogP contribution in [0.2, 0.25) is 0 Å². The largest absolute Gasteiger partial charge is 0.481 e. The number of ether oxygens (including phenoxy) is 1. The molecule has 2 rings (SSSR count). The summed E-state index contributed by atoms with van der Waals surface area (Å²) in [6.07, 6.45) is 1.54. The van der Waals surface area contributed by atoms with Gasteiger partial charge in [0.2, 0.25) is 0 Å². The van der Waals surface area contributed by atoms with Gasteiger partial charge in [-0.2, -0.15) is 0 Å². The summed E-state index contributed by atoms with van der Waals surface area (Å²) in [5.74, 6) is -0.806. The lowest BCUT2D eigenvalue weighted by Crippen LogP contribution is -2.74. The molecule has 0 atom stereocenters. The summed E-state index contributed by atoms with van der Waals surface area (Å²) < 4.78 is 5.29. The second-order valence-electron chi connectivity index (χ2n) is 5.13. The van der Waals surface area contributed by atoms with Gasteiger partial charge in [0, 0.05) is 31.8 Å². The van der Waals surface area contributed by atoms with Crippen molar-refractivity contribution in [3.05, 3.63) is 0 Å². The number of hydrogen-bond acceptors (Lipinski definition) is 5. The van der Waals surface area contributed by atoms with E-state index in [1.54, 1.807) is 0 Å². The van der Waals surface area contributed by atoms with Crippen LogP contribution in [0.5, 0.6) is 0 Å². The maximum Gasteiger partial charge on any atom is 0.305 e. The van der Waals surface area contributed by atoms with Gasteiger partial charge in [-0.3, -0.25) is 4.79 Å². The van der Waals surface area contributed by atoms with E-state index >= 15 is 0 Å². The molecule has 0 spiro atoms. The molecule has 6 nitrogen and oxygen atoms in total. The van der Waals surface area contributed by atoms with E-state index in [1.807, 2.05) is 0 Å². The molecule has 0 unspecified atom stereocenters. The van der Waals surface area contributed by atoms with Gasteiger partial charge < -0.3 is 25.6 Å². The smallest absolute Gasteiger partial charge is 0.305 e. The van der Waals surface area contributed by atoms with E-state index in [4.69, 9.17) is 9.84 Å². The Morgan fingerprint density at radius 3 is 2.35 bits per heavy atom. The molecule has 6 heteroatoms. The molecular formula is C11H20N2O4. The van der Waals surface area contributed by atoms with E-state index in [2.05, 4.69) is 10.6 Å². The van der Waals surface area contributed by atoms with E-state index in [1.165, 1.54) is 0 Å². The van der Waals surface area contributed by atoms with Crippen LogP contribution in [0.1, 0.15) is 19.3 Å². The third kappa shape index (κ3) is 2.77. The van der Waals surface area contributed by atoms with Crippen molar-refractivity contribution < 1.29 is 19.7 Å². The van der Waals surface area contributed by atoms with Crippen LogP contribution in [0, 0.1) is 0 Å². The molecule has 0 aromatic rings. The Kier molecular flexibility index (Phi) is 3.67. The van der Waals surface area contributed by atoms with Crippen LogP contribution in [-0.2, 0) is 9.53 Å². The van der Waals surface area contributed by atoms with Gasteiger partial charge in [0.1, 0.15) is 0 Å². The number of carboxylic acids is 1. The normalized spacial score (nSPS) is 26.2. The first-order valence-corrected chi connectivity index (χ1v) is 6.00. The fourth-order valence-electron chi connectivity index (χ4n) is 2.62. The first-order valence-electron chi connectivity index (χ1n) is 6.00. The number of hydrogen-bond donors (Lipinski definition) is 4. The highest BCUT2D eigenvalue weighted by molar-refractivity contribution is 5.69. The number of carboxylic acid groups (broad SMARTS) is 1. The Morgan fingerprint density at radius 1 is 1.29 bits per heavy atom.